The number of carbonyl (C=O) groups is 2. The molecule has 0 unspecified atom stereocenters. The summed E-state index contributed by atoms with van der Waals surface area (Å²) in [5.41, 5.74) is 0.419. The normalized spacial score (nSPS) is 14.6. The van der Waals surface area contributed by atoms with Crippen LogP contribution in [0, 0.1) is 0 Å². The van der Waals surface area contributed by atoms with Crippen molar-refractivity contribution in [3.8, 4) is 11.5 Å². The minimum atomic E-state index is -4.64. The number of rotatable bonds is 3. The lowest BCUT2D eigenvalue weighted by molar-refractivity contribution is 0.0943. The van der Waals surface area contributed by atoms with E-state index in [-0.39, 0.29) is 34.6 Å². The second-order valence-electron chi connectivity index (χ2n) is 5.69. The summed E-state index contributed by atoms with van der Waals surface area (Å²) in [4.78, 5) is 45.9. The third-order valence-electron chi connectivity index (χ3n) is 3.29. The molecule has 142 valence electrons. The van der Waals surface area contributed by atoms with Crippen molar-refractivity contribution in [2.75, 3.05) is 0 Å². The monoisotopic (exact) mass is 386 g/mol. The maximum Gasteiger partial charge on any atom is 0.466 e. The van der Waals surface area contributed by atoms with Gasteiger partial charge in [0.2, 0.25) is 0 Å². The van der Waals surface area contributed by atoms with Crippen molar-refractivity contribution in [3.05, 3.63) is 46.6 Å². The molecule has 6 N–H and O–H groups in total. The summed E-state index contributed by atoms with van der Waals surface area (Å²) in [5.74, 6) is -2.01. The summed E-state index contributed by atoms with van der Waals surface area (Å²) in [6.45, 7) is 3.71. The number of aromatic hydroxyl groups is 2. The van der Waals surface area contributed by atoms with Gasteiger partial charge in [0.25, 0.3) is 0 Å². The van der Waals surface area contributed by atoms with Gasteiger partial charge in [0.05, 0.1) is 17.2 Å². The molecule has 0 aliphatic heterocycles. The first-order chi connectivity index (χ1) is 11.8. The van der Waals surface area contributed by atoms with Crippen LogP contribution in [0.1, 0.15) is 41.0 Å². The molecule has 0 saturated carbocycles. The first-order valence-corrected chi connectivity index (χ1v) is 8.84. The number of allylic oxidation sites excluding steroid dienone is 2. The Balaban J connectivity index is 0.000000597. The number of hydrogen-bond acceptors (Lipinski definition) is 6. The molecule has 1 aromatic carbocycles. The Hall–Kier alpha value is -2.29. The summed E-state index contributed by atoms with van der Waals surface area (Å²) >= 11 is 0. The van der Waals surface area contributed by atoms with Crippen LogP contribution in [0.4, 0.5) is 0 Å². The fourth-order valence-electron chi connectivity index (χ4n) is 2.21. The average molecular weight is 386 g/mol. The molecule has 0 saturated heterocycles. The van der Waals surface area contributed by atoms with Crippen molar-refractivity contribution in [2.24, 2.45) is 0 Å². The molecule has 0 radical (unpaired) electrons. The van der Waals surface area contributed by atoms with Gasteiger partial charge in [-0.1, -0.05) is 11.6 Å². The summed E-state index contributed by atoms with van der Waals surface area (Å²) < 4.78 is 8.88. The molecule has 0 aromatic heterocycles. The Morgan fingerprint density at radius 3 is 2.00 bits per heavy atom. The highest BCUT2D eigenvalue weighted by atomic mass is 31.2. The van der Waals surface area contributed by atoms with Crippen molar-refractivity contribution in [1.29, 1.82) is 0 Å². The molecule has 0 spiro atoms. The lowest BCUT2D eigenvalue weighted by Gasteiger charge is -2.20. The Labute approximate surface area is 148 Å². The van der Waals surface area contributed by atoms with Crippen LogP contribution < -0.4 is 0 Å². The van der Waals surface area contributed by atoms with E-state index in [1.54, 1.807) is 6.08 Å². The minimum Gasteiger partial charge on any atom is -0.507 e. The Bertz CT molecular complexity index is 820. The zero-order chi connectivity index (χ0) is 20.2. The van der Waals surface area contributed by atoms with E-state index in [0.717, 1.165) is 23.8 Å². The van der Waals surface area contributed by atoms with Gasteiger partial charge in [-0.3, -0.25) is 9.59 Å². The fourth-order valence-corrected chi connectivity index (χ4v) is 2.21. The third kappa shape index (κ3) is 5.91. The van der Waals surface area contributed by atoms with E-state index in [4.69, 9.17) is 19.2 Å². The number of carbonyl (C=O) groups excluding carboxylic acids is 2. The first kappa shape index (κ1) is 21.8. The van der Waals surface area contributed by atoms with Crippen LogP contribution in [-0.4, -0.2) is 47.7 Å². The molecule has 1 aliphatic rings. The van der Waals surface area contributed by atoms with E-state index in [0.29, 0.717) is 0 Å². The largest absolute Gasteiger partial charge is 0.507 e. The van der Waals surface area contributed by atoms with Crippen LogP contribution in [0.5, 0.6) is 11.5 Å². The maximum absolute atomic E-state index is 12.3. The second kappa shape index (κ2) is 8.39. The topological polar surface area (TPSA) is 173 Å². The molecule has 2 rings (SSSR count). The van der Waals surface area contributed by atoms with E-state index < -0.39 is 25.5 Å². The summed E-state index contributed by atoms with van der Waals surface area (Å²) in [6, 6.07) is 2.29. The predicted molar refractivity (Wildman–Crippen MR) is 90.8 cm³/mol. The highest BCUT2D eigenvalue weighted by molar-refractivity contribution is 7.45. The summed E-state index contributed by atoms with van der Waals surface area (Å²) in [5, 5.41) is 29.5. The van der Waals surface area contributed by atoms with Crippen LogP contribution in [0.25, 0.3) is 0 Å². The van der Waals surface area contributed by atoms with Crippen LogP contribution in [-0.2, 0) is 4.57 Å². The van der Waals surface area contributed by atoms with Crippen molar-refractivity contribution < 1.29 is 44.2 Å². The van der Waals surface area contributed by atoms with Crippen LogP contribution in [0.15, 0.2) is 35.4 Å². The van der Waals surface area contributed by atoms with Gasteiger partial charge in [0.1, 0.15) is 11.5 Å². The van der Waals surface area contributed by atoms with Crippen molar-refractivity contribution >= 4 is 19.4 Å². The molecule has 10 heteroatoms. The van der Waals surface area contributed by atoms with Crippen LogP contribution in [0.2, 0.25) is 0 Å². The van der Waals surface area contributed by atoms with Crippen molar-refractivity contribution in [2.45, 2.75) is 26.4 Å². The Morgan fingerprint density at radius 2 is 1.54 bits per heavy atom. The molecular formula is C16H19O9P. The van der Waals surface area contributed by atoms with Gasteiger partial charge in [-0.05, 0) is 38.5 Å². The van der Waals surface area contributed by atoms with Crippen LogP contribution >= 0.6 is 7.82 Å². The van der Waals surface area contributed by atoms with Gasteiger partial charge in [-0.2, -0.15) is 0 Å². The smallest absolute Gasteiger partial charge is 0.466 e. The van der Waals surface area contributed by atoms with Gasteiger partial charge < -0.3 is 30.0 Å². The Kier molecular flexibility index (Phi) is 7.02. The number of aliphatic hydroxyl groups excluding tert-OH is 1. The van der Waals surface area contributed by atoms with Gasteiger partial charge in [0.15, 0.2) is 11.6 Å². The Morgan fingerprint density at radius 1 is 1.08 bits per heavy atom. The number of phenolic OH excluding ortho intramolecular Hbond substituents is 2. The fraction of sp³-hybridized carbons (Fsp3) is 0.250. The second-order valence-corrected chi connectivity index (χ2v) is 6.72. The van der Waals surface area contributed by atoms with Gasteiger partial charge >= 0.3 is 7.82 Å². The SMILES string of the molecule is CC(C)=CC[C@@H](O)C1=CC(=O)c2c(O)ccc(O)c2C1=O.O=P(O)(O)O. The van der Waals surface area contributed by atoms with E-state index in [1.165, 1.54) is 0 Å². The number of hydrogen-bond donors (Lipinski definition) is 6. The summed E-state index contributed by atoms with van der Waals surface area (Å²) in [6.07, 6.45) is 1.84. The average Bonchev–Trinajstić information content (AvgIpc) is 2.49. The molecule has 1 aromatic rings. The molecule has 0 bridgehead atoms. The highest BCUT2D eigenvalue weighted by Crippen LogP contribution is 2.35. The lowest BCUT2D eigenvalue weighted by atomic mass is 9.85. The molecule has 0 fully saturated rings. The molecule has 0 heterocycles. The number of fused-ring (bicyclic) bond motifs is 1. The number of ketones is 2. The van der Waals surface area contributed by atoms with E-state index in [1.807, 2.05) is 13.8 Å². The van der Waals surface area contributed by atoms with E-state index in [2.05, 4.69) is 0 Å². The highest BCUT2D eigenvalue weighted by Gasteiger charge is 2.33. The molecule has 1 atom stereocenters. The number of phenols is 2. The molecule has 1 aliphatic carbocycles. The molecular weight excluding hydrogens is 367 g/mol. The quantitative estimate of drug-likeness (QED) is 0.253. The predicted octanol–water partition coefficient (Wildman–Crippen LogP) is 1.19. The van der Waals surface area contributed by atoms with E-state index in [9.17, 15) is 24.9 Å². The third-order valence-corrected chi connectivity index (χ3v) is 3.29. The van der Waals surface area contributed by atoms with Gasteiger partial charge in [-0.15, -0.1) is 0 Å². The van der Waals surface area contributed by atoms with Crippen LogP contribution in [0.3, 0.4) is 0 Å². The zero-order valence-electron chi connectivity index (χ0n) is 13.9. The van der Waals surface area contributed by atoms with E-state index >= 15 is 0 Å². The minimum absolute atomic E-state index is 0.0779. The zero-order valence-corrected chi connectivity index (χ0v) is 14.8. The van der Waals surface area contributed by atoms with Gasteiger partial charge in [-0.25, -0.2) is 4.57 Å². The number of Topliss-reactive ketones (excluding diaryl/α,β-unsaturated/α-hetero) is 1. The standard InChI is InChI=1S/C16H16O5.H3O4P/c1-8(2)3-4-10(17)9-7-13(20)14-11(18)5-6-12(19)15(14)16(9)21;1-5(2,3)4/h3,5-7,10,17-19H,4H2,1-2H3;(H3,1,2,3,4)/t10-;/m1./s1. The van der Waals surface area contributed by atoms with Crippen molar-refractivity contribution in [3.63, 3.8) is 0 Å². The first-order valence-electron chi connectivity index (χ1n) is 7.28. The molecule has 0 amide bonds. The van der Waals surface area contributed by atoms with Crippen molar-refractivity contribution in [1.82, 2.24) is 0 Å². The molecule has 26 heavy (non-hydrogen) atoms. The van der Waals surface area contributed by atoms with Gasteiger partial charge in [0, 0.05) is 5.57 Å². The maximum atomic E-state index is 12.3. The number of phosphoric acid groups is 1. The summed E-state index contributed by atoms with van der Waals surface area (Å²) in [7, 11) is -4.64. The molecule has 9 nitrogen and oxygen atoms in total. The number of benzene rings is 1. The number of aliphatic hydroxyl groups is 1. The lowest BCUT2D eigenvalue weighted by Crippen LogP contribution is -2.25.